The fraction of sp³-hybridized carbons (Fsp3) is 1.00. The molecule has 0 aromatic rings. The van der Waals surface area contributed by atoms with Crippen LogP contribution in [0.5, 0.6) is 0 Å². The van der Waals surface area contributed by atoms with Crippen molar-refractivity contribution in [2.75, 3.05) is 13.1 Å². The summed E-state index contributed by atoms with van der Waals surface area (Å²) in [7, 11) is 0. The second kappa shape index (κ2) is 5.69. The van der Waals surface area contributed by atoms with E-state index in [1.165, 1.54) is 0 Å². The molecule has 0 heterocycles. The average molecular weight is 144 g/mol. The Morgan fingerprint density at radius 1 is 1.30 bits per heavy atom. The van der Waals surface area contributed by atoms with Crippen LogP contribution < -0.4 is 11.1 Å². The summed E-state index contributed by atoms with van der Waals surface area (Å²) in [5.41, 5.74) is 5.57. The van der Waals surface area contributed by atoms with E-state index in [4.69, 9.17) is 5.73 Å². The van der Waals surface area contributed by atoms with Crippen molar-refractivity contribution >= 4 is 0 Å². The highest BCUT2D eigenvalue weighted by molar-refractivity contribution is 4.56. The van der Waals surface area contributed by atoms with Gasteiger partial charge < -0.3 is 11.1 Å². The Hall–Kier alpha value is -0.0800. The van der Waals surface area contributed by atoms with Crippen LogP contribution in [0.1, 0.15) is 27.2 Å². The van der Waals surface area contributed by atoms with Crippen molar-refractivity contribution in [3.63, 3.8) is 0 Å². The van der Waals surface area contributed by atoms with E-state index in [0.29, 0.717) is 6.04 Å². The average Bonchev–Trinajstić information content (AvgIpc) is 1.79. The molecule has 0 saturated heterocycles. The van der Waals surface area contributed by atoms with E-state index in [1.54, 1.807) is 0 Å². The van der Waals surface area contributed by atoms with Gasteiger partial charge in [0.1, 0.15) is 0 Å². The molecule has 2 heteroatoms. The largest absolute Gasteiger partial charge is 0.328 e. The number of rotatable bonds is 5. The highest BCUT2D eigenvalue weighted by Gasteiger charge is 1.94. The molecule has 0 aromatic carbocycles. The fourth-order valence-corrected chi connectivity index (χ4v) is 0.720. The summed E-state index contributed by atoms with van der Waals surface area (Å²) in [6.45, 7) is 8.61. The highest BCUT2D eigenvalue weighted by atomic mass is 14.9. The number of nitrogens with one attached hydrogen (secondary N) is 1. The predicted octanol–water partition coefficient (Wildman–Crippen LogP) is 0.969. The topological polar surface area (TPSA) is 38.0 Å². The Kier molecular flexibility index (Phi) is 5.64. The summed E-state index contributed by atoms with van der Waals surface area (Å²) in [6, 6.07) is 0.333. The van der Waals surface area contributed by atoms with Gasteiger partial charge in [0, 0.05) is 6.04 Å². The van der Waals surface area contributed by atoms with E-state index >= 15 is 0 Å². The minimum Gasteiger partial charge on any atom is -0.328 e. The summed E-state index contributed by atoms with van der Waals surface area (Å²) in [5.74, 6) is 0.744. The first-order chi connectivity index (χ1) is 4.63. The standard InChI is InChI=1S/C8H20N2/c1-7(2)6-10-5-4-8(3)9/h7-8,10H,4-6,9H2,1-3H3/t8-/m0/s1. The summed E-state index contributed by atoms with van der Waals surface area (Å²) in [5, 5.41) is 3.34. The maximum atomic E-state index is 5.57. The molecular weight excluding hydrogens is 124 g/mol. The number of nitrogens with two attached hydrogens (primary N) is 1. The quantitative estimate of drug-likeness (QED) is 0.564. The lowest BCUT2D eigenvalue weighted by molar-refractivity contribution is 0.523. The van der Waals surface area contributed by atoms with Crippen molar-refractivity contribution in [1.82, 2.24) is 5.32 Å². The van der Waals surface area contributed by atoms with Crippen molar-refractivity contribution in [2.45, 2.75) is 33.2 Å². The maximum Gasteiger partial charge on any atom is 0.00225 e. The zero-order valence-corrected chi connectivity index (χ0v) is 7.35. The first kappa shape index (κ1) is 9.92. The van der Waals surface area contributed by atoms with Crippen LogP contribution in [0.3, 0.4) is 0 Å². The molecule has 0 saturated carbocycles. The Labute approximate surface area is 64.2 Å². The predicted molar refractivity (Wildman–Crippen MR) is 46.0 cm³/mol. The third kappa shape index (κ3) is 7.92. The Balaban J connectivity index is 2.91. The smallest absolute Gasteiger partial charge is 0.00225 e. The monoisotopic (exact) mass is 144 g/mol. The number of hydrogen-bond acceptors (Lipinski definition) is 2. The van der Waals surface area contributed by atoms with Gasteiger partial charge in [-0.3, -0.25) is 0 Å². The molecule has 0 bridgehead atoms. The molecule has 0 amide bonds. The zero-order valence-electron chi connectivity index (χ0n) is 7.35. The van der Waals surface area contributed by atoms with Crippen LogP contribution in [-0.4, -0.2) is 19.1 Å². The van der Waals surface area contributed by atoms with Gasteiger partial charge in [0.05, 0.1) is 0 Å². The van der Waals surface area contributed by atoms with Crippen molar-refractivity contribution in [2.24, 2.45) is 11.7 Å². The van der Waals surface area contributed by atoms with Crippen LogP contribution in [-0.2, 0) is 0 Å². The van der Waals surface area contributed by atoms with Gasteiger partial charge in [-0.05, 0) is 32.4 Å². The van der Waals surface area contributed by atoms with E-state index < -0.39 is 0 Å². The molecule has 0 spiro atoms. The second-order valence-corrected chi connectivity index (χ2v) is 3.36. The van der Waals surface area contributed by atoms with Gasteiger partial charge in [-0.2, -0.15) is 0 Å². The van der Waals surface area contributed by atoms with Crippen molar-refractivity contribution in [3.8, 4) is 0 Å². The van der Waals surface area contributed by atoms with Crippen LogP contribution in [0.4, 0.5) is 0 Å². The summed E-state index contributed by atoms with van der Waals surface area (Å²) >= 11 is 0. The third-order valence-corrected chi connectivity index (χ3v) is 1.33. The van der Waals surface area contributed by atoms with E-state index in [2.05, 4.69) is 19.2 Å². The Morgan fingerprint density at radius 3 is 2.30 bits per heavy atom. The lowest BCUT2D eigenvalue weighted by Gasteiger charge is -2.08. The van der Waals surface area contributed by atoms with E-state index in [9.17, 15) is 0 Å². The maximum absolute atomic E-state index is 5.57. The van der Waals surface area contributed by atoms with Gasteiger partial charge in [-0.15, -0.1) is 0 Å². The third-order valence-electron chi connectivity index (χ3n) is 1.33. The lowest BCUT2D eigenvalue weighted by Crippen LogP contribution is -2.26. The SMILES string of the molecule is CC(C)CNCC[C@H](C)N. The van der Waals surface area contributed by atoms with Crippen LogP contribution in [0, 0.1) is 5.92 Å². The van der Waals surface area contributed by atoms with Gasteiger partial charge in [-0.25, -0.2) is 0 Å². The zero-order chi connectivity index (χ0) is 7.98. The molecule has 0 aliphatic heterocycles. The molecule has 0 aromatic heterocycles. The summed E-state index contributed by atoms with van der Waals surface area (Å²) in [4.78, 5) is 0. The minimum atomic E-state index is 0.333. The molecule has 0 radical (unpaired) electrons. The second-order valence-electron chi connectivity index (χ2n) is 3.36. The molecular formula is C8H20N2. The molecule has 62 valence electrons. The van der Waals surface area contributed by atoms with Gasteiger partial charge >= 0.3 is 0 Å². The van der Waals surface area contributed by atoms with Gasteiger partial charge in [0.25, 0.3) is 0 Å². The summed E-state index contributed by atoms with van der Waals surface area (Å²) < 4.78 is 0. The van der Waals surface area contributed by atoms with Crippen LogP contribution in [0.15, 0.2) is 0 Å². The van der Waals surface area contributed by atoms with E-state index in [0.717, 1.165) is 25.4 Å². The van der Waals surface area contributed by atoms with Crippen molar-refractivity contribution in [3.05, 3.63) is 0 Å². The Morgan fingerprint density at radius 2 is 1.90 bits per heavy atom. The fourth-order valence-electron chi connectivity index (χ4n) is 0.720. The van der Waals surface area contributed by atoms with Crippen LogP contribution >= 0.6 is 0 Å². The first-order valence-electron chi connectivity index (χ1n) is 4.09. The molecule has 0 aliphatic carbocycles. The summed E-state index contributed by atoms with van der Waals surface area (Å²) in [6.07, 6.45) is 1.08. The molecule has 0 aliphatic rings. The van der Waals surface area contributed by atoms with Crippen LogP contribution in [0.25, 0.3) is 0 Å². The normalized spacial score (nSPS) is 14.1. The van der Waals surface area contributed by atoms with Crippen molar-refractivity contribution < 1.29 is 0 Å². The highest BCUT2D eigenvalue weighted by Crippen LogP contribution is 1.88. The van der Waals surface area contributed by atoms with E-state index in [1.807, 2.05) is 6.92 Å². The molecule has 0 rings (SSSR count). The van der Waals surface area contributed by atoms with E-state index in [-0.39, 0.29) is 0 Å². The lowest BCUT2D eigenvalue weighted by atomic mass is 10.2. The van der Waals surface area contributed by atoms with Crippen LogP contribution in [0.2, 0.25) is 0 Å². The van der Waals surface area contributed by atoms with Gasteiger partial charge in [0.15, 0.2) is 0 Å². The molecule has 0 fully saturated rings. The first-order valence-corrected chi connectivity index (χ1v) is 4.09. The molecule has 0 unspecified atom stereocenters. The minimum absolute atomic E-state index is 0.333. The van der Waals surface area contributed by atoms with Gasteiger partial charge in [0.2, 0.25) is 0 Å². The molecule has 2 nitrogen and oxygen atoms in total. The number of hydrogen-bond donors (Lipinski definition) is 2. The van der Waals surface area contributed by atoms with Gasteiger partial charge in [-0.1, -0.05) is 13.8 Å². The molecule has 3 N–H and O–H groups in total. The Bertz CT molecular complexity index is 59.7. The van der Waals surface area contributed by atoms with Crippen molar-refractivity contribution in [1.29, 1.82) is 0 Å². The molecule has 10 heavy (non-hydrogen) atoms. The molecule has 1 atom stereocenters.